The van der Waals surface area contributed by atoms with Crippen molar-refractivity contribution in [2.24, 2.45) is 17.8 Å². The third-order valence-corrected chi connectivity index (χ3v) is 6.37. The van der Waals surface area contributed by atoms with Gasteiger partial charge >= 0.3 is 6.09 Å². The topological polar surface area (TPSA) is 90.9 Å². The van der Waals surface area contributed by atoms with Crippen molar-refractivity contribution in [3.8, 4) is 0 Å². The summed E-state index contributed by atoms with van der Waals surface area (Å²) in [5, 5.41) is 18.1. The molecule has 2 amide bonds. The highest BCUT2D eigenvalue weighted by molar-refractivity contribution is 5.77. The summed E-state index contributed by atoms with van der Waals surface area (Å²) in [6.07, 6.45) is 3.35. The highest BCUT2D eigenvalue weighted by Gasteiger charge is 2.47. The molecule has 1 aliphatic heterocycles. The molecule has 7 nitrogen and oxygen atoms in total. The normalized spacial score (nSPS) is 26.9. The van der Waals surface area contributed by atoms with Crippen LogP contribution in [-0.4, -0.2) is 51.0 Å². The third kappa shape index (κ3) is 7.63. The Morgan fingerprint density at radius 1 is 1.13 bits per heavy atom. The maximum Gasteiger partial charge on any atom is 0.407 e. The van der Waals surface area contributed by atoms with Gasteiger partial charge in [-0.25, -0.2) is 4.79 Å². The molecule has 1 aliphatic carbocycles. The Labute approximate surface area is 188 Å². The summed E-state index contributed by atoms with van der Waals surface area (Å²) < 4.78 is 5.44. The lowest BCUT2D eigenvalue weighted by Crippen LogP contribution is -2.62. The van der Waals surface area contributed by atoms with E-state index in [1.807, 2.05) is 48.5 Å². The van der Waals surface area contributed by atoms with E-state index in [-0.39, 0.29) is 41.1 Å². The molecule has 3 atom stereocenters. The van der Waals surface area contributed by atoms with Crippen LogP contribution in [0.2, 0.25) is 0 Å². The second-order valence-corrected chi connectivity index (χ2v) is 12.4. The van der Waals surface area contributed by atoms with Crippen LogP contribution in [0.15, 0.2) is 0 Å². The van der Waals surface area contributed by atoms with Crippen LogP contribution in [-0.2, 0) is 9.53 Å². The van der Waals surface area contributed by atoms with E-state index >= 15 is 0 Å². The number of amides is 2. The average molecular weight is 440 g/mol. The van der Waals surface area contributed by atoms with Crippen LogP contribution in [0.1, 0.15) is 94.4 Å². The molecule has 2 aliphatic rings. The fraction of sp³-hybridized carbons (Fsp3) is 0.917. The van der Waals surface area contributed by atoms with Crippen molar-refractivity contribution >= 4 is 12.0 Å². The number of hydrogen-bond donors (Lipinski definition) is 3. The molecule has 2 fully saturated rings. The van der Waals surface area contributed by atoms with E-state index in [1.165, 1.54) is 5.06 Å². The molecule has 180 valence electrons. The zero-order chi connectivity index (χ0) is 23.8. The Morgan fingerprint density at radius 2 is 1.68 bits per heavy atom. The Balaban J connectivity index is 1.89. The zero-order valence-corrected chi connectivity index (χ0v) is 21.0. The van der Waals surface area contributed by atoms with E-state index in [1.54, 1.807) is 0 Å². The molecule has 0 radical (unpaired) electrons. The van der Waals surface area contributed by atoms with Crippen molar-refractivity contribution < 1.29 is 19.5 Å². The number of rotatable bonds is 7. The summed E-state index contributed by atoms with van der Waals surface area (Å²) in [6.45, 7) is 17.9. The highest BCUT2D eigenvalue weighted by atomic mass is 16.6. The van der Waals surface area contributed by atoms with Crippen LogP contribution in [0, 0.1) is 17.8 Å². The predicted octanol–water partition coefficient (Wildman–Crippen LogP) is 4.48. The molecular formula is C24H45N3O4. The molecule has 1 saturated heterocycles. The first-order valence-corrected chi connectivity index (χ1v) is 11.8. The molecule has 1 saturated carbocycles. The summed E-state index contributed by atoms with van der Waals surface area (Å²) in [4.78, 5) is 25.1. The van der Waals surface area contributed by atoms with Crippen LogP contribution < -0.4 is 10.6 Å². The van der Waals surface area contributed by atoms with Crippen molar-refractivity contribution in [3.05, 3.63) is 0 Å². The molecule has 0 spiro atoms. The van der Waals surface area contributed by atoms with E-state index in [0.29, 0.717) is 31.1 Å². The lowest BCUT2D eigenvalue weighted by Gasteiger charge is -2.51. The quantitative estimate of drug-likeness (QED) is 0.544. The van der Waals surface area contributed by atoms with Crippen molar-refractivity contribution in [3.63, 3.8) is 0 Å². The number of alkyl carbamates (subject to hydrolysis) is 1. The van der Waals surface area contributed by atoms with Gasteiger partial charge in [-0.1, -0.05) is 13.8 Å². The summed E-state index contributed by atoms with van der Waals surface area (Å²) in [5.74, 6) is 1.12. The number of ether oxygens (including phenoxy) is 1. The van der Waals surface area contributed by atoms with Gasteiger partial charge in [0.15, 0.2) is 0 Å². The second kappa shape index (κ2) is 9.26. The van der Waals surface area contributed by atoms with Crippen LogP contribution in [0.5, 0.6) is 0 Å². The standard InChI is InChI=1S/C24H45N3O4/c1-15(2)10-19(26-21(29)31-22(3,4)5)18-11-16(18)12-20(28)25-17-13-23(6,7)27(30)24(8,9)14-17/h15-19,30H,10-14H2,1-9H3,(H,25,28)(H,26,29)/t16?,18?,19-/m0/s1. The van der Waals surface area contributed by atoms with Gasteiger partial charge in [-0.3, -0.25) is 4.79 Å². The first-order valence-electron chi connectivity index (χ1n) is 11.8. The fourth-order valence-corrected chi connectivity index (χ4v) is 5.20. The van der Waals surface area contributed by atoms with Crippen LogP contribution in [0.3, 0.4) is 0 Å². The maximum atomic E-state index is 12.8. The van der Waals surface area contributed by atoms with Gasteiger partial charge in [0.25, 0.3) is 0 Å². The van der Waals surface area contributed by atoms with Gasteiger partial charge in [0, 0.05) is 29.6 Å². The molecule has 7 heteroatoms. The number of carbonyl (C=O) groups excluding carboxylic acids is 2. The first-order chi connectivity index (χ1) is 14.0. The van der Waals surface area contributed by atoms with Crippen molar-refractivity contribution in [1.82, 2.24) is 15.7 Å². The highest BCUT2D eigenvalue weighted by Crippen LogP contribution is 2.45. The van der Waals surface area contributed by atoms with Crippen molar-refractivity contribution in [2.75, 3.05) is 0 Å². The van der Waals surface area contributed by atoms with Gasteiger partial charge < -0.3 is 20.6 Å². The van der Waals surface area contributed by atoms with Gasteiger partial charge in [-0.15, -0.1) is 0 Å². The van der Waals surface area contributed by atoms with E-state index < -0.39 is 5.60 Å². The van der Waals surface area contributed by atoms with E-state index in [0.717, 1.165) is 12.8 Å². The SMILES string of the molecule is CC(C)C[C@H](NC(=O)OC(C)(C)C)C1CC1CC(=O)NC1CC(C)(C)N(O)C(C)(C)C1. The monoisotopic (exact) mass is 439 g/mol. The molecular weight excluding hydrogens is 394 g/mol. The molecule has 2 rings (SSSR count). The van der Waals surface area contributed by atoms with Gasteiger partial charge in [0.1, 0.15) is 5.60 Å². The summed E-state index contributed by atoms with van der Waals surface area (Å²) in [7, 11) is 0. The predicted molar refractivity (Wildman–Crippen MR) is 122 cm³/mol. The minimum Gasteiger partial charge on any atom is -0.444 e. The van der Waals surface area contributed by atoms with Gasteiger partial charge in [-0.2, -0.15) is 5.06 Å². The lowest BCUT2D eigenvalue weighted by molar-refractivity contribution is -0.246. The zero-order valence-electron chi connectivity index (χ0n) is 21.0. The minimum atomic E-state index is -0.527. The average Bonchev–Trinajstić information content (AvgIpc) is 3.27. The Hall–Kier alpha value is -1.34. The van der Waals surface area contributed by atoms with Crippen molar-refractivity contribution in [2.45, 2.75) is 123 Å². The molecule has 0 aromatic heterocycles. The largest absolute Gasteiger partial charge is 0.444 e. The number of hydrogen-bond acceptors (Lipinski definition) is 5. The molecule has 2 unspecified atom stereocenters. The Bertz CT molecular complexity index is 636. The van der Waals surface area contributed by atoms with Gasteiger partial charge in [-0.05, 0) is 91.9 Å². The molecule has 3 N–H and O–H groups in total. The molecule has 0 aromatic rings. The van der Waals surface area contributed by atoms with Gasteiger partial charge in [0.2, 0.25) is 5.91 Å². The maximum absolute atomic E-state index is 12.8. The van der Waals surface area contributed by atoms with Crippen LogP contribution in [0.4, 0.5) is 4.79 Å². The van der Waals surface area contributed by atoms with Crippen LogP contribution >= 0.6 is 0 Å². The summed E-state index contributed by atoms with van der Waals surface area (Å²) >= 11 is 0. The summed E-state index contributed by atoms with van der Waals surface area (Å²) in [6, 6.07) is 0.0765. The lowest BCUT2D eigenvalue weighted by atomic mass is 9.79. The number of nitrogens with one attached hydrogen (secondary N) is 2. The smallest absolute Gasteiger partial charge is 0.407 e. The fourth-order valence-electron chi connectivity index (χ4n) is 5.20. The third-order valence-electron chi connectivity index (χ3n) is 6.37. The summed E-state index contributed by atoms with van der Waals surface area (Å²) in [5.41, 5.74) is -1.30. The van der Waals surface area contributed by atoms with Gasteiger partial charge in [0.05, 0.1) is 0 Å². The Morgan fingerprint density at radius 3 is 2.16 bits per heavy atom. The van der Waals surface area contributed by atoms with Crippen molar-refractivity contribution in [1.29, 1.82) is 0 Å². The Kier molecular flexibility index (Phi) is 7.74. The van der Waals surface area contributed by atoms with E-state index in [2.05, 4.69) is 24.5 Å². The second-order valence-electron chi connectivity index (χ2n) is 12.4. The minimum absolute atomic E-state index is 0.0307. The number of hydroxylamine groups is 2. The molecule has 1 heterocycles. The van der Waals surface area contributed by atoms with Crippen LogP contribution in [0.25, 0.3) is 0 Å². The van der Waals surface area contributed by atoms with E-state index in [9.17, 15) is 14.8 Å². The molecule has 0 aromatic carbocycles. The number of nitrogens with zero attached hydrogens (tertiary/aromatic N) is 1. The number of piperidine rings is 1. The molecule has 0 bridgehead atoms. The first kappa shape index (κ1) is 25.9. The molecule has 31 heavy (non-hydrogen) atoms. The number of carbonyl (C=O) groups is 2. The van der Waals surface area contributed by atoms with E-state index in [4.69, 9.17) is 4.74 Å².